The van der Waals surface area contributed by atoms with E-state index in [1.165, 1.54) is 70.6 Å². The Kier molecular flexibility index (Phi) is 18.6. The van der Waals surface area contributed by atoms with E-state index in [0.717, 1.165) is 19.3 Å². The zero-order valence-electron chi connectivity index (χ0n) is 15.8. The Morgan fingerprint density at radius 2 is 1.17 bits per heavy atom. The number of hydrogen-bond donors (Lipinski definition) is 0. The van der Waals surface area contributed by atoms with Crippen molar-refractivity contribution in [1.29, 1.82) is 0 Å². The fraction of sp³-hybridized carbons (Fsp3) is 0.857. The number of rotatable bonds is 17. The minimum absolute atomic E-state index is 0.0478. The van der Waals surface area contributed by atoms with E-state index < -0.39 is 0 Å². The number of ether oxygens (including phenoxy) is 1. The molecule has 0 aromatic heterocycles. The Labute approximate surface area is 145 Å². The van der Waals surface area contributed by atoms with Crippen LogP contribution < -0.4 is 0 Å². The largest absolute Gasteiger partial charge is 0.466 e. The molecule has 0 N–H and O–H groups in total. The summed E-state index contributed by atoms with van der Waals surface area (Å²) >= 11 is 0. The summed E-state index contributed by atoms with van der Waals surface area (Å²) < 4.78 is 4.91. The van der Waals surface area contributed by atoms with Crippen molar-refractivity contribution >= 4 is 5.97 Å². The van der Waals surface area contributed by atoms with E-state index in [1.807, 2.05) is 6.92 Å². The maximum Gasteiger partial charge on any atom is 0.305 e. The van der Waals surface area contributed by atoms with Crippen LogP contribution in [0.4, 0.5) is 0 Å². The molecule has 2 heteroatoms. The summed E-state index contributed by atoms with van der Waals surface area (Å²) in [5, 5.41) is 0. The fourth-order valence-corrected chi connectivity index (χ4v) is 2.75. The van der Waals surface area contributed by atoms with Crippen molar-refractivity contribution in [2.45, 2.75) is 110 Å². The second-order valence-corrected chi connectivity index (χ2v) is 6.49. The highest BCUT2D eigenvalue weighted by molar-refractivity contribution is 5.69. The molecular weight excluding hydrogens is 284 g/mol. The van der Waals surface area contributed by atoms with Crippen LogP contribution in [0.2, 0.25) is 0 Å². The molecule has 0 aliphatic heterocycles. The van der Waals surface area contributed by atoms with Crippen LogP contribution in [0.25, 0.3) is 0 Å². The van der Waals surface area contributed by atoms with E-state index in [1.54, 1.807) is 0 Å². The highest BCUT2D eigenvalue weighted by atomic mass is 16.5. The second-order valence-electron chi connectivity index (χ2n) is 6.49. The van der Waals surface area contributed by atoms with E-state index in [2.05, 4.69) is 19.1 Å². The van der Waals surface area contributed by atoms with Crippen molar-refractivity contribution in [2.24, 2.45) is 0 Å². The third kappa shape index (κ3) is 19.2. The summed E-state index contributed by atoms with van der Waals surface area (Å²) in [6.45, 7) is 4.63. The molecule has 0 bridgehead atoms. The van der Waals surface area contributed by atoms with Crippen LogP contribution in [0.15, 0.2) is 12.2 Å². The minimum atomic E-state index is -0.0478. The molecule has 0 aromatic carbocycles. The van der Waals surface area contributed by atoms with Gasteiger partial charge in [0.25, 0.3) is 0 Å². The van der Waals surface area contributed by atoms with Gasteiger partial charge >= 0.3 is 5.97 Å². The van der Waals surface area contributed by atoms with Gasteiger partial charge in [0.1, 0.15) is 0 Å². The van der Waals surface area contributed by atoms with Gasteiger partial charge in [-0.05, 0) is 39.0 Å². The molecule has 0 saturated carbocycles. The minimum Gasteiger partial charge on any atom is -0.466 e. The van der Waals surface area contributed by atoms with Crippen LogP contribution in [0, 0.1) is 0 Å². The van der Waals surface area contributed by atoms with Gasteiger partial charge in [-0.3, -0.25) is 4.79 Å². The zero-order chi connectivity index (χ0) is 17.0. The molecule has 0 unspecified atom stereocenters. The normalized spacial score (nSPS) is 11.2. The number of carbonyl (C=O) groups is 1. The molecule has 0 amide bonds. The van der Waals surface area contributed by atoms with Crippen LogP contribution >= 0.6 is 0 Å². The number of esters is 1. The molecule has 136 valence electrons. The van der Waals surface area contributed by atoms with Crippen molar-refractivity contribution < 1.29 is 9.53 Å². The molecule has 2 nitrogen and oxygen atoms in total. The molecular formula is C21H40O2. The lowest BCUT2D eigenvalue weighted by atomic mass is 10.1. The van der Waals surface area contributed by atoms with Gasteiger partial charge in [0.15, 0.2) is 0 Å². The average Bonchev–Trinajstić information content (AvgIpc) is 2.54. The monoisotopic (exact) mass is 324 g/mol. The Morgan fingerprint density at radius 1 is 0.696 bits per heavy atom. The van der Waals surface area contributed by atoms with Gasteiger partial charge < -0.3 is 4.74 Å². The van der Waals surface area contributed by atoms with Gasteiger partial charge in [-0.2, -0.15) is 0 Å². The molecule has 0 atom stereocenters. The summed E-state index contributed by atoms with van der Waals surface area (Å²) in [5.41, 5.74) is 0. The van der Waals surface area contributed by atoms with Crippen LogP contribution in [0.3, 0.4) is 0 Å². The topological polar surface area (TPSA) is 26.3 Å². The third-order valence-electron chi connectivity index (χ3n) is 4.20. The Morgan fingerprint density at radius 3 is 1.70 bits per heavy atom. The summed E-state index contributed by atoms with van der Waals surface area (Å²) in [6.07, 6.45) is 23.5. The van der Waals surface area contributed by atoms with Crippen molar-refractivity contribution in [1.82, 2.24) is 0 Å². The maximum absolute atomic E-state index is 11.2. The van der Waals surface area contributed by atoms with Crippen LogP contribution in [-0.4, -0.2) is 12.6 Å². The van der Waals surface area contributed by atoms with Crippen LogP contribution in [-0.2, 0) is 9.53 Å². The van der Waals surface area contributed by atoms with Gasteiger partial charge in [0.2, 0.25) is 0 Å². The molecule has 23 heavy (non-hydrogen) atoms. The summed E-state index contributed by atoms with van der Waals surface area (Å²) in [5.74, 6) is -0.0478. The standard InChI is InChI=1S/C21H40O2/c1-3-5-6-7-8-9-10-11-12-13-14-15-16-17-18-19-20-21(22)23-4-2/h14-15H,3-13,16-20H2,1-2H3/b15-14-. The van der Waals surface area contributed by atoms with Crippen molar-refractivity contribution in [2.75, 3.05) is 6.61 Å². The Balaban J connectivity index is 3.13. The lowest BCUT2D eigenvalue weighted by Crippen LogP contribution is -2.02. The van der Waals surface area contributed by atoms with Crippen LogP contribution in [0.1, 0.15) is 110 Å². The first-order valence-electron chi connectivity index (χ1n) is 10.1. The number of hydrogen-bond acceptors (Lipinski definition) is 2. The maximum atomic E-state index is 11.2. The highest BCUT2D eigenvalue weighted by Crippen LogP contribution is 2.11. The van der Waals surface area contributed by atoms with Gasteiger partial charge in [0, 0.05) is 6.42 Å². The zero-order valence-corrected chi connectivity index (χ0v) is 15.8. The fourth-order valence-electron chi connectivity index (χ4n) is 2.75. The van der Waals surface area contributed by atoms with Crippen molar-refractivity contribution in [3.05, 3.63) is 12.2 Å². The second kappa shape index (κ2) is 19.3. The first-order chi connectivity index (χ1) is 11.3. The van der Waals surface area contributed by atoms with E-state index in [0.29, 0.717) is 13.0 Å². The van der Waals surface area contributed by atoms with Gasteiger partial charge in [-0.15, -0.1) is 0 Å². The number of carbonyl (C=O) groups excluding carboxylic acids is 1. The lowest BCUT2D eigenvalue weighted by Gasteiger charge is -2.01. The first kappa shape index (κ1) is 22.2. The van der Waals surface area contributed by atoms with E-state index in [4.69, 9.17) is 4.74 Å². The van der Waals surface area contributed by atoms with Crippen molar-refractivity contribution in [3.63, 3.8) is 0 Å². The molecule has 0 spiro atoms. The van der Waals surface area contributed by atoms with Gasteiger partial charge in [-0.25, -0.2) is 0 Å². The molecule has 0 aromatic rings. The molecule has 0 heterocycles. The van der Waals surface area contributed by atoms with E-state index in [-0.39, 0.29) is 5.97 Å². The first-order valence-corrected chi connectivity index (χ1v) is 10.1. The van der Waals surface area contributed by atoms with E-state index in [9.17, 15) is 4.79 Å². The summed E-state index contributed by atoms with van der Waals surface area (Å²) in [7, 11) is 0. The summed E-state index contributed by atoms with van der Waals surface area (Å²) in [4.78, 5) is 11.2. The molecule has 0 saturated heterocycles. The lowest BCUT2D eigenvalue weighted by molar-refractivity contribution is -0.143. The molecule has 0 fully saturated rings. The van der Waals surface area contributed by atoms with E-state index >= 15 is 0 Å². The molecule has 0 rings (SSSR count). The third-order valence-corrected chi connectivity index (χ3v) is 4.20. The van der Waals surface area contributed by atoms with Crippen molar-refractivity contribution in [3.8, 4) is 0 Å². The Bertz CT molecular complexity index is 271. The predicted molar refractivity (Wildman–Crippen MR) is 101 cm³/mol. The van der Waals surface area contributed by atoms with Gasteiger partial charge in [-0.1, -0.05) is 76.9 Å². The Hall–Kier alpha value is -0.790. The number of unbranched alkanes of at least 4 members (excludes halogenated alkanes) is 12. The quantitative estimate of drug-likeness (QED) is 0.164. The SMILES string of the molecule is CCCCCCCCCCC/C=C\CCCCCC(=O)OCC. The van der Waals surface area contributed by atoms with Gasteiger partial charge in [0.05, 0.1) is 6.61 Å². The smallest absolute Gasteiger partial charge is 0.305 e. The highest BCUT2D eigenvalue weighted by Gasteiger charge is 1.99. The van der Waals surface area contributed by atoms with Crippen LogP contribution in [0.5, 0.6) is 0 Å². The molecule has 0 aliphatic carbocycles. The number of allylic oxidation sites excluding steroid dienone is 2. The predicted octanol–water partition coefficient (Wildman–Crippen LogP) is 6.98. The summed E-state index contributed by atoms with van der Waals surface area (Å²) in [6, 6.07) is 0. The molecule has 0 radical (unpaired) electrons. The molecule has 0 aliphatic rings. The average molecular weight is 325 g/mol.